The van der Waals surface area contributed by atoms with Crippen LogP contribution in [0.25, 0.3) is 22.3 Å². The number of hydrogen-bond donors (Lipinski definition) is 3. The Morgan fingerprint density at radius 3 is 2.44 bits per heavy atom. The zero-order valence-electron chi connectivity index (χ0n) is 21.5. The number of sulfone groups is 1. The van der Waals surface area contributed by atoms with Crippen LogP contribution in [-0.2, 0) is 27.6 Å². The Balaban J connectivity index is 1.47. The standard InChI is InChI=1S/C26H28N6O5S2/c1-26(12-13-26)31-24-23-20(29-25(30-24)27-15-16-4-7-18(8-5-16)32-38(33)34)10-9-19(28-23)17-6-11-21(37-2)22(14-17)39(3,35)36/h4-11,14,32H,12-13,15H2,1-3H3,(H,33,34)(H2,27,29,30,31)/p-1. The minimum atomic E-state index is -3.51. The Morgan fingerprint density at radius 1 is 1.05 bits per heavy atom. The SMILES string of the molecule is COc1ccc(-c2ccc3nc(NCc4ccc(NS(=O)[O-])cc4)nc(NC4(C)CC4)c3n2)cc1S(C)(=O)=O. The Hall–Kier alpha value is -3.81. The molecule has 204 valence electrons. The van der Waals surface area contributed by atoms with E-state index in [-0.39, 0.29) is 16.2 Å². The predicted octanol–water partition coefficient (Wildman–Crippen LogP) is 3.89. The van der Waals surface area contributed by atoms with E-state index in [9.17, 15) is 17.2 Å². The number of rotatable bonds is 10. The number of pyridine rings is 1. The molecular weight excluding hydrogens is 540 g/mol. The third kappa shape index (κ3) is 6.27. The number of ether oxygens (including phenoxy) is 1. The molecule has 0 bridgehead atoms. The van der Waals surface area contributed by atoms with Crippen molar-refractivity contribution in [3.05, 3.63) is 60.2 Å². The van der Waals surface area contributed by atoms with E-state index >= 15 is 0 Å². The number of benzene rings is 2. The summed E-state index contributed by atoms with van der Waals surface area (Å²) in [6, 6.07) is 15.5. The van der Waals surface area contributed by atoms with Crippen LogP contribution in [0.15, 0.2) is 59.5 Å². The number of hydrogen-bond acceptors (Lipinski definition) is 10. The van der Waals surface area contributed by atoms with Crippen LogP contribution in [0.2, 0.25) is 0 Å². The van der Waals surface area contributed by atoms with Gasteiger partial charge in [-0.15, -0.1) is 0 Å². The van der Waals surface area contributed by atoms with Gasteiger partial charge in [0.05, 0.1) is 18.3 Å². The van der Waals surface area contributed by atoms with Crippen molar-refractivity contribution in [3.8, 4) is 17.0 Å². The summed E-state index contributed by atoms with van der Waals surface area (Å²) in [5.41, 5.74) is 3.71. The molecule has 4 aromatic rings. The van der Waals surface area contributed by atoms with Gasteiger partial charge in [0.15, 0.2) is 15.7 Å². The molecule has 1 unspecified atom stereocenters. The van der Waals surface area contributed by atoms with E-state index in [1.807, 2.05) is 6.07 Å². The van der Waals surface area contributed by atoms with Crippen molar-refractivity contribution < 1.29 is 21.9 Å². The highest BCUT2D eigenvalue weighted by Gasteiger charge is 2.38. The van der Waals surface area contributed by atoms with Gasteiger partial charge in [-0.05, 0) is 67.8 Å². The average molecular weight is 568 g/mol. The second kappa shape index (κ2) is 10.4. The van der Waals surface area contributed by atoms with Gasteiger partial charge < -0.3 is 24.6 Å². The monoisotopic (exact) mass is 567 g/mol. The van der Waals surface area contributed by atoms with Crippen LogP contribution in [-0.4, -0.2) is 51.0 Å². The molecular formula is C26H27N6O5S2-. The summed E-state index contributed by atoms with van der Waals surface area (Å²) in [4.78, 5) is 14.3. The van der Waals surface area contributed by atoms with Gasteiger partial charge in [-0.25, -0.2) is 18.4 Å². The van der Waals surface area contributed by atoms with Crippen molar-refractivity contribution in [2.75, 3.05) is 28.7 Å². The fourth-order valence-corrected chi connectivity index (χ4v) is 5.22. The van der Waals surface area contributed by atoms with Crippen molar-refractivity contribution in [2.45, 2.75) is 36.7 Å². The molecule has 11 nitrogen and oxygen atoms in total. The van der Waals surface area contributed by atoms with Crippen LogP contribution in [0.5, 0.6) is 5.75 Å². The number of nitrogens with one attached hydrogen (secondary N) is 3. The van der Waals surface area contributed by atoms with Gasteiger partial charge in [-0.2, -0.15) is 4.98 Å². The summed E-state index contributed by atoms with van der Waals surface area (Å²) in [6.45, 7) is 2.54. The van der Waals surface area contributed by atoms with Crippen molar-refractivity contribution >= 4 is 49.6 Å². The molecule has 1 aliphatic carbocycles. The molecule has 2 aromatic heterocycles. The molecule has 0 radical (unpaired) electrons. The minimum absolute atomic E-state index is 0.0791. The molecule has 39 heavy (non-hydrogen) atoms. The lowest BCUT2D eigenvalue weighted by atomic mass is 10.1. The summed E-state index contributed by atoms with van der Waals surface area (Å²) in [5, 5.41) is 6.73. The Kier molecular flexibility index (Phi) is 7.14. The van der Waals surface area contributed by atoms with E-state index in [0.717, 1.165) is 24.7 Å². The van der Waals surface area contributed by atoms with Crippen LogP contribution in [0.1, 0.15) is 25.3 Å². The molecule has 0 aliphatic heterocycles. The zero-order chi connectivity index (χ0) is 27.8. The summed E-state index contributed by atoms with van der Waals surface area (Å²) in [6.07, 6.45) is 3.15. The number of methoxy groups -OCH3 is 1. The average Bonchev–Trinajstić information content (AvgIpc) is 3.63. The van der Waals surface area contributed by atoms with Gasteiger partial charge >= 0.3 is 0 Å². The third-order valence-electron chi connectivity index (χ3n) is 6.43. The lowest BCUT2D eigenvalue weighted by molar-refractivity contribution is 0.403. The van der Waals surface area contributed by atoms with Crippen LogP contribution >= 0.6 is 0 Å². The molecule has 1 fully saturated rings. The van der Waals surface area contributed by atoms with Crippen molar-refractivity contribution in [1.29, 1.82) is 0 Å². The lowest BCUT2D eigenvalue weighted by Gasteiger charge is -2.16. The van der Waals surface area contributed by atoms with Crippen LogP contribution in [0.3, 0.4) is 0 Å². The number of nitrogens with zero attached hydrogens (tertiary/aromatic N) is 3. The van der Waals surface area contributed by atoms with E-state index in [1.54, 1.807) is 48.5 Å². The van der Waals surface area contributed by atoms with Gasteiger partial charge in [-0.3, -0.25) is 4.21 Å². The predicted molar refractivity (Wildman–Crippen MR) is 150 cm³/mol. The van der Waals surface area contributed by atoms with Gasteiger partial charge in [0.2, 0.25) is 5.95 Å². The van der Waals surface area contributed by atoms with Crippen molar-refractivity contribution in [3.63, 3.8) is 0 Å². The minimum Gasteiger partial charge on any atom is -0.755 e. The Morgan fingerprint density at radius 2 is 1.79 bits per heavy atom. The number of aromatic nitrogens is 3. The first-order chi connectivity index (χ1) is 18.5. The summed E-state index contributed by atoms with van der Waals surface area (Å²) in [7, 11) is -2.08. The van der Waals surface area contributed by atoms with Crippen LogP contribution in [0, 0.1) is 0 Å². The third-order valence-corrected chi connectivity index (χ3v) is 7.95. The lowest BCUT2D eigenvalue weighted by Crippen LogP contribution is -2.18. The summed E-state index contributed by atoms with van der Waals surface area (Å²) >= 11 is -2.38. The molecule has 1 atom stereocenters. The van der Waals surface area contributed by atoms with E-state index in [0.29, 0.717) is 46.3 Å². The van der Waals surface area contributed by atoms with E-state index in [1.165, 1.54) is 7.11 Å². The molecule has 1 saturated carbocycles. The first-order valence-corrected chi connectivity index (χ1v) is 15.0. The fraction of sp³-hybridized carbons (Fsp3) is 0.269. The van der Waals surface area contributed by atoms with E-state index < -0.39 is 21.1 Å². The Bertz CT molecular complexity index is 1670. The molecule has 1 aliphatic rings. The molecule has 0 amide bonds. The number of fused-ring (bicyclic) bond motifs is 1. The van der Waals surface area contributed by atoms with Gasteiger partial charge in [-0.1, -0.05) is 12.1 Å². The van der Waals surface area contributed by atoms with Crippen LogP contribution < -0.4 is 20.1 Å². The quantitative estimate of drug-likeness (QED) is 0.240. The molecule has 13 heteroatoms. The Labute approximate surface area is 228 Å². The van der Waals surface area contributed by atoms with Gasteiger partial charge in [0.1, 0.15) is 16.2 Å². The highest BCUT2D eigenvalue weighted by molar-refractivity contribution is 7.90. The van der Waals surface area contributed by atoms with Crippen molar-refractivity contribution in [1.82, 2.24) is 15.0 Å². The summed E-state index contributed by atoms with van der Waals surface area (Å²) in [5.74, 6) is 1.27. The number of anilines is 3. The normalized spacial score (nSPS) is 15.0. The van der Waals surface area contributed by atoms with Gasteiger partial charge in [0.25, 0.3) is 0 Å². The maximum Gasteiger partial charge on any atom is 0.225 e. The maximum atomic E-state index is 12.3. The molecule has 2 aromatic carbocycles. The molecule has 0 spiro atoms. The maximum absolute atomic E-state index is 12.3. The second-order valence-electron chi connectivity index (χ2n) is 9.67. The second-order valence-corrected chi connectivity index (χ2v) is 12.3. The van der Waals surface area contributed by atoms with Crippen LogP contribution in [0.4, 0.5) is 17.5 Å². The van der Waals surface area contributed by atoms with Crippen molar-refractivity contribution in [2.24, 2.45) is 0 Å². The fourth-order valence-electron chi connectivity index (χ4n) is 4.03. The first kappa shape index (κ1) is 26.8. The molecule has 0 saturated heterocycles. The topological polar surface area (TPSA) is 158 Å². The molecule has 2 heterocycles. The first-order valence-electron chi connectivity index (χ1n) is 12.1. The molecule has 5 rings (SSSR count). The highest BCUT2D eigenvalue weighted by atomic mass is 32.2. The van der Waals surface area contributed by atoms with Gasteiger partial charge in [0, 0.05) is 40.9 Å². The zero-order valence-corrected chi connectivity index (χ0v) is 23.1. The highest BCUT2D eigenvalue weighted by Crippen LogP contribution is 2.39. The molecule has 3 N–H and O–H groups in total. The smallest absolute Gasteiger partial charge is 0.225 e. The van der Waals surface area contributed by atoms with E-state index in [4.69, 9.17) is 14.7 Å². The largest absolute Gasteiger partial charge is 0.755 e. The van der Waals surface area contributed by atoms with E-state index in [2.05, 4.69) is 27.3 Å². The summed E-state index contributed by atoms with van der Waals surface area (Å²) < 4.78 is 53.8.